The Morgan fingerprint density at radius 1 is 0.213 bits per heavy atom. The third-order valence-corrected chi connectivity index (χ3v) is 12.8. The summed E-state index contributed by atoms with van der Waals surface area (Å²) in [6.45, 7) is 0. The zero-order valence-electron chi connectivity index (χ0n) is 33.5. The topological polar surface area (TPSA) is 6.48 Å². The highest BCUT2D eigenvalue weighted by Gasteiger charge is 2.50. The van der Waals surface area contributed by atoms with Gasteiger partial charge in [-0.2, -0.15) is 0 Å². The molecule has 0 saturated carbocycles. The van der Waals surface area contributed by atoms with E-state index in [4.69, 9.17) is 0 Å². The van der Waals surface area contributed by atoms with Gasteiger partial charge in [0.1, 0.15) is 0 Å². The minimum atomic E-state index is -0.705. The lowest BCUT2D eigenvalue weighted by molar-refractivity contribution is 0.776. The number of fused-ring (bicyclic) bond motifs is 13. The molecule has 2 aliphatic carbocycles. The van der Waals surface area contributed by atoms with Crippen LogP contribution in [0.25, 0.3) is 44.2 Å². The lowest BCUT2D eigenvalue weighted by Gasteiger charge is -2.37. The molecule has 0 aromatic heterocycles. The van der Waals surface area contributed by atoms with Crippen LogP contribution in [0.2, 0.25) is 0 Å². The molecule has 0 heterocycles. The van der Waals surface area contributed by atoms with Gasteiger partial charge in [0.2, 0.25) is 0 Å². The van der Waals surface area contributed by atoms with Crippen LogP contribution in [0.15, 0.2) is 243 Å². The molecule has 286 valence electrons. The van der Waals surface area contributed by atoms with Crippen LogP contribution in [0, 0.1) is 0 Å². The third-order valence-electron chi connectivity index (χ3n) is 12.8. The van der Waals surface area contributed by atoms with Crippen molar-refractivity contribution < 1.29 is 0 Å². The first-order valence-corrected chi connectivity index (χ1v) is 21.1. The summed E-state index contributed by atoms with van der Waals surface area (Å²) >= 11 is 0. The van der Waals surface area contributed by atoms with Gasteiger partial charge in [-0.3, -0.25) is 0 Å². The van der Waals surface area contributed by atoms with Crippen molar-refractivity contribution in [2.45, 2.75) is 5.41 Å². The van der Waals surface area contributed by atoms with E-state index in [1.165, 1.54) is 66.4 Å². The molecule has 12 rings (SSSR count). The van der Waals surface area contributed by atoms with E-state index >= 15 is 0 Å². The first-order chi connectivity index (χ1) is 30.3. The monoisotopic (exact) mass is 776 g/mol. The van der Waals surface area contributed by atoms with E-state index in [0.29, 0.717) is 0 Å². The summed E-state index contributed by atoms with van der Waals surface area (Å²) in [4.78, 5) is 4.80. The predicted molar refractivity (Wildman–Crippen MR) is 255 cm³/mol. The lowest BCUT2D eigenvalue weighted by Crippen LogP contribution is -2.30. The smallest absolute Gasteiger partial charge is 0.0727 e. The molecule has 2 aliphatic rings. The molecular weight excluding hydrogens is 737 g/mol. The molecular formula is C59H40N2. The van der Waals surface area contributed by atoms with Crippen molar-refractivity contribution in [2.24, 2.45) is 0 Å². The van der Waals surface area contributed by atoms with Crippen molar-refractivity contribution in [3.8, 4) is 33.4 Å². The second-order valence-corrected chi connectivity index (χ2v) is 16.1. The number of para-hydroxylation sites is 4. The maximum absolute atomic E-state index is 2.50. The molecule has 1 spiro atoms. The Hall–Kier alpha value is -7.94. The fourth-order valence-corrected chi connectivity index (χ4v) is 10.3. The summed E-state index contributed by atoms with van der Waals surface area (Å²) < 4.78 is 0. The quantitative estimate of drug-likeness (QED) is 0.166. The highest BCUT2D eigenvalue weighted by Crippen LogP contribution is 2.63. The Labute approximate surface area is 356 Å². The SMILES string of the molecule is c1ccc(N(c2ccccc2)c2ccc3c(c2)C2(c4cc(N(c5ccccc5)c5ccccc5)ccc4-c4ccccc4-3)c3ccccc3-c3cc4ccccc4cc32)cc1. The summed E-state index contributed by atoms with van der Waals surface area (Å²) in [7, 11) is 0. The first kappa shape index (κ1) is 35.0. The molecule has 0 unspecified atom stereocenters. The number of nitrogens with zero attached hydrogens (tertiary/aromatic N) is 2. The Morgan fingerprint density at radius 2 is 0.557 bits per heavy atom. The zero-order valence-corrected chi connectivity index (χ0v) is 33.5. The van der Waals surface area contributed by atoms with Gasteiger partial charge in [0.15, 0.2) is 0 Å². The number of rotatable bonds is 6. The molecule has 10 aromatic rings. The van der Waals surface area contributed by atoms with Crippen molar-refractivity contribution in [2.75, 3.05) is 9.80 Å². The van der Waals surface area contributed by atoms with E-state index in [-0.39, 0.29) is 0 Å². The van der Waals surface area contributed by atoms with Crippen molar-refractivity contribution in [3.63, 3.8) is 0 Å². The molecule has 0 bridgehead atoms. The summed E-state index contributed by atoms with van der Waals surface area (Å²) in [5.74, 6) is 0. The van der Waals surface area contributed by atoms with E-state index in [1.807, 2.05) is 0 Å². The predicted octanol–water partition coefficient (Wildman–Crippen LogP) is 15.8. The summed E-state index contributed by atoms with van der Waals surface area (Å²) in [5, 5.41) is 2.47. The average Bonchev–Trinajstić information content (AvgIpc) is 3.56. The molecule has 61 heavy (non-hydrogen) atoms. The van der Waals surface area contributed by atoms with Gasteiger partial charge < -0.3 is 9.80 Å². The normalized spacial score (nSPS) is 12.7. The molecule has 0 saturated heterocycles. The molecule has 2 nitrogen and oxygen atoms in total. The molecule has 10 aromatic carbocycles. The van der Waals surface area contributed by atoms with Gasteiger partial charge in [0.25, 0.3) is 0 Å². The Kier molecular flexibility index (Phi) is 8.11. The van der Waals surface area contributed by atoms with Gasteiger partial charge in [0.05, 0.1) is 5.41 Å². The van der Waals surface area contributed by atoms with Gasteiger partial charge in [-0.1, -0.05) is 158 Å². The number of hydrogen-bond acceptors (Lipinski definition) is 2. The van der Waals surface area contributed by atoms with Gasteiger partial charge in [-0.25, -0.2) is 0 Å². The van der Waals surface area contributed by atoms with Crippen LogP contribution in [-0.2, 0) is 5.41 Å². The van der Waals surface area contributed by atoms with Crippen LogP contribution in [0.4, 0.5) is 34.1 Å². The van der Waals surface area contributed by atoms with E-state index in [1.54, 1.807) is 0 Å². The minimum Gasteiger partial charge on any atom is -0.310 e. The van der Waals surface area contributed by atoms with E-state index in [2.05, 4.69) is 252 Å². The minimum absolute atomic E-state index is 0.705. The van der Waals surface area contributed by atoms with Crippen LogP contribution in [0.5, 0.6) is 0 Å². The van der Waals surface area contributed by atoms with Crippen molar-refractivity contribution in [1.29, 1.82) is 0 Å². The fourth-order valence-electron chi connectivity index (χ4n) is 10.3. The van der Waals surface area contributed by atoms with E-state index in [9.17, 15) is 0 Å². The van der Waals surface area contributed by atoms with Crippen LogP contribution in [-0.4, -0.2) is 0 Å². The highest BCUT2D eigenvalue weighted by molar-refractivity contribution is 6.02. The van der Waals surface area contributed by atoms with Gasteiger partial charge in [-0.05, 0) is 151 Å². The van der Waals surface area contributed by atoms with Gasteiger partial charge in [0, 0.05) is 34.1 Å². The van der Waals surface area contributed by atoms with Gasteiger partial charge in [-0.15, -0.1) is 0 Å². The molecule has 2 heteroatoms. The van der Waals surface area contributed by atoms with E-state index < -0.39 is 5.41 Å². The number of hydrogen-bond donors (Lipinski definition) is 0. The van der Waals surface area contributed by atoms with Crippen LogP contribution < -0.4 is 9.80 Å². The van der Waals surface area contributed by atoms with E-state index in [0.717, 1.165) is 34.1 Å². The van der Waals surface area contributed by atoms with Crippen LogP contribution in [0.1, 0.15) is 22.3 Å². The lowest BCUT2D eigenvalue weighted by atomic mass is 9.65. The molecule has 0 fully saturated rings. The first-order valence-electron chi connectivity index (χ1n) is 21.1. The number of benzene rings is 10. The molecule has 0 N–H and O–H groups in total. The summed E-state index contributed by atoms with van der Waals surface area (Å²) in [6.07, 6.45) is 0. The Morgan fingerprint density at radius 3 is 1.02 bits per heavy atom. The number of anilines is 6. The zero-order chi connectivity index (χ0) is 40.3. The van der Waals surface area contributed by atoms with Crippen molar-refractivity contribution in [3.05, 3.63) is 265 Å². The molecule has 0 radical (unpaired) electrons. The molecule has 0 amide bonds. The molecule has 0 atom stereocenters. The van der Waals surface area contributed by atoms with Crippen LogP contribution >= 0.6 is 0 Å². The second kappa shape index (κ2) is 14.1. The fraction of sp³-hybridized carbons (Fsp3) is 0.0169. The Balaban J connectivity index is 1.25. The third kappa shape index (κ3) is 5.43. The van der Waals surface area contributed by atoms with Gasteiger partial charge >= 0.3 is 0 Å². The standard InChI is InChI=1S/C59H40N2/c1-5-21-43(22-6-1)60(44-23-7-2-8-24-44)47-33-35-52-49-29-15-16-30-50(49)53-36-34-48(61(45-25-9-3-10-26-45)46-27-11-4-12-28-46)40-58(53)59(57(52)39-47)55-32-18-17-31-51(55)54-37-41-19-13-14-20-42(41)38-56(54)59/h1-40H. The maximum atomic E-state index is 2.50. The maximum Gasteiger partial charge on any atom is 0.0727 e. The largest absolute Gasteiger partial charge is 0.310 e. The summed E-state index contributed by atoms with van der Waals surface area (Å²) in [5.41, 5.74) is 18.5. The second-order valence-electron chi connectivity index (χ2n) is 16.1. The van der Waals surface area contributed by atoms with Crippen molar-refractivity contribution in [1.82, 2.24) is 0 Å². The average molecular weight is 777 g/mol. The van der Waals surface area contributed by atoms with Crippen LogP contribution in [0.3, 0.4) is 0 Å². The highest BCUT2D eigenvalue weighted by atomic mass is 15.1. The van der Waals surface area contributed by atoms with Crippen molar-refractivity contribution >= 4 is 44.9 Å². The molecule has 0 aliphatic heterocycles. The summed E-state index contributed by atoms with van der Waals surface area (Å²) in [6, 6.07) is 89.4. The Bertz CT molecular complexity index is 3020.